The molecule has 0 saturated carbocycles. The van der Waals surface area contributed by atoms with Gasteiger partial charge in [0.1, 0.15) is 17.1 Å². The summed E-state index contributed by atoms with van der Waals surface area (Å²) >= 11 is 0. The highest BCUT2D eigenvalue weighted by atomic mass is 19.1. The third kappa shape index (κ3) is 4.23. The molecule has 0 spiro atoms. The van der Waals surface area contributed by atoms with E-state index in [4.69, 9.17) is 9.47 Å². The molecule has 1 aromatic heterocycles. The molecule has 1 aliphatic rings. The molecule has 2 aromatic carbocycles. The van der Waals surface area contributed by atoms with Gasteiger partial charge in [0.2, 0.25) is 0 Å². The van der Waals surface area contributed by atoms with Gasteiger partial charge in [-0.05, 0) is 30.3 Å². The van der Waals surface area contributed by atoms with E-state index >= 15 is 0 Å². The summed E-state index contributed by atoms with van der Waals surface area (Å²) in [5.74, 6) is -0.0385. The molecule has 4 rings (SSSR count). The predicted octanol–water partition coefficient (Wildman–Crippen LogP) is 2.77. The molecule has 0 atom stereocenters. The van der Waals surface area contributed by atoms with Crippen molar-refractivity contribution in [2.75, 3.05) is 45.3 Å². The first kappa shape index (κ1) is 19.4. The van der Waals surface area contributed by atoms with Crippen LogP contribution in [0.1, 0.15) is 10.5 Å². The van der Waals surface area contributed by atoms with Crippen LogP contribution in [-0.2, 0) is 11.3 Å². The molecular formula is C21H23FN4O3. The number of nitrogens with zero attached hydrogens (tertiary/aromatic N) is 3. The molecule has 0 unspecified atom stereocenters. The summed E-state index contributed by atoms with van der Waals surface area (Å²) < 4.78 is 25.9. The predicted molar refractivity (Wildman–Crippen MR) is 108 cm³/mol. The van der Waals surface area contributed by atoms with E-state index in [1.165, 1.54) is 24.3 Å². The Labute approximate surface area is 168 Å². The number of benzene rings is 2. The normalized spacial score (nSPS) is 14.8. The summed E-state index contributed by atoms with van der Waals surface area (Å²) in [6.45, 7) is 4.66. The van der Waals surface area contributed by atoms with Crippen LogP contribution in [0.3, 0.4) is 0 Å². The largest absolute Gasteiger partial charge is 0.494 e. The van der Waals surface area contributed by atoms with Gasteiger partial charge in [-0.3, -0.25) is 14.4 Å². The van der Waals surface area contributed by atoms with Crippen molar-refractivity contribution < 1.29 is 18.7 Å². The average molecular weight is 398 g/mol. The van der Waals surface area contributed by atoms with Gasteiger partial charge in [-0.25, -0.2) is 4.39 Å². The summed E-state index contributed by atoms with van der Waals surface area (Å²) in [5, 5.41) is 8.09. The number of nitrogens with one attached hydrogen (secondary N) is 1. The number of hydrogen-bond acceptors (Lipinski definition) is 5. The Morgan fingerprint density at radius 3 is 2.66 bits per heavy atom. The van der Waals surface area contributed by atoms with Crippen molar-refractivity contribution in [1.29, 1.82) is 0 Å². The molecule has 7 nitrogen and oxygen atoms in total. The number of anilines is 1. The van der Waals surface area contributed by atoms with Gasteiger partial charge in [0, 0.05) is 30.7 Å². The quantitative estimate of drug-likeness (QED) is 0.692. The second-order valence-electron chi connectivity index (χ2n) is 6.84. The summed E-state index contributed by atoms with van der Waals surface area (Å²) in [4.78, 5) is 15.2. The molecule has 3 aromatic rings. The molecule has 152 valence electrons. The molecule has 0 aliphatic carbocycles. The molecule has 1 saturated heterocycles. The van der Waals surface area contributed by atoms with E-state index in [-0.39, 0.29) is 11.7 Å². The van der Waals surface area contributed by atoms with E-state index in [0.29, 0.717) is 29.1 Å². The van der Waals surface area contributed by atoms with E-state index in [1.807, 2.05) is 22.9 Å². The fourth-order valence-electron chi connectivity index (χ4n) is 3.48. The van der Waals surface area contributed by atoms with Gasteiger partial charge in [-0.15, -0.1) is 0 Å². The molecule has 1 N–H and O–H groups in total. The maximum Gasteiger partial charge on any atom is 0.276 e. The minimum Gasteiger partial charge on any atom is -0.494 e. The first-order chi connectivity index (χ1) is 14.2. The molecule has 1 aliphatic heterocycles. The first-order valence-electron chi connectivity index (χ1n) is 9.56. The van der Waals surface area contributed by atoms with Crippen molar-refractivity contribution >= 4 is 22.5 Å². The number of methoxy groups -OCH3 is 1. The van der Waals surface area contributed by atoms with Crippen LogP contribution in [0.2, 0.25) is 0 Å². The van der Waals surface area contributed by atoms with Crippen LogP contribution in [0, 0.1) is 5.82 Å². The maximum absolute atomic E-state index is 13.1. The van der Waals surface area contributed by atoms with Crippen LogP contribution in [0.15, 0.2) is 42.5 Å². The molecular weight excluding hydrogens is 375 g/mol. The maximum atomic E-state index is 13.1. The molecule has 2 heterocycles. The molecule has 8 heteroatoms. The average Bonchev–Trinajstić information content (AvgIpc) is 3.14. The number of halogens is 1. The molecule has 0 bridgehead atoms. The van der Waals surface area contributed by atoms with Gasteiger partial charge < -0.3 is 14.8 Å². The third-order valence-corrected chi connectivity index (χ3v) is 5.00. The molecule has 1 fully saturated rings. The number of aromatic nitrogens is 2. The smallest absolute Gasteiger partial charge is 0.276 e. The summed E-state index contributed by atoms with van der Waals surface area (Å²) in [6, 6.07) is 11.2. The van der Waals surface area contributed by atoms with Crippen molar-refractivity contribution in [3.63, 3.8) is 0 Å². The zero-order valence-corrected chi connectivity index (χ0v) is 16.2. The lowest BCUT2D eigenvalue weighted by molar-refractivity contribution is 0.0361. The van der Waals surface area contributed by atoms with Crippen molar-refractivity contribution in [3.05, 3.63) is 54.0 Å². The van der Waals surface area contributed by atoms with Gasteiger partial charge in [0.15, 0.2) is 5.69 Å². The minimum atomic E-state index is -0.356. The topological polar surface area (TPSA) is 68.6 Å². The van der Waals surface area contributed by atoms with Crippen LogP contribution in [0.5, 0.6) is 5.75 Å². The van der Waals surface area contributed by atoms with Crippen molar-refractivity contribution in [2.24, 2.45) is 0 Å². The van der Waals surface area contributed by atoms with E-state index < -0.39 is 0 Å². The van der Waals surface area contributed by atoms with E-state index in [1.54, 1.807) is 7.11 Å². The number of para-hydroxylation sites is 1. The Kier molecular flexibility index (Phi) is 5.73. The fourth-order valence-corrected chi connectivity index (χ4v) is 3.48. The highest BCUT2D eigenvalue weighted by molar-refractivity contribution is 6.12. The number of rotatable bonds is 6. The van der Waals surface area contributed by atoms with Crippen LogP contribution >= 0.6 is 0 Å². The monoisotopic (exact) mass is 398 g/mol. The lowest BCUT2D eigenvalue weighted by Gasteiger charge is -2.26. The lowest BCUT2D eigenvalue weighted by atomic mass is 10.2. The Hall–Kier alpha value is -2.97. The zero-order chi connectivity index (χ0) is 20.2. The van der Waals surface area contributed by atoms with Gasteiger partial charge in [-0.2, -0.15) is 5.10 Å². The molecule has 0 radical (unpaired) electrons. The number of carbonyl (C=O) groups is 1. The van der Waals surface area contributed by atoms with Gasteiger partial charge in [0.25, 0.3) is 5.91 Å². The third-order valence-electron chi connectivity index (χ3n) is 5.00. The standard InChI is InChI=1S/C21H23FN4O3/c1-28-18-4-2-3-17-19(21(27)23-16-7-5-15(22)6-8-16)24-26(20(17)18)10-9-25-11-13-29-14-12-25/h2-8H,9-14H2,1H3,(H,23,27). The van der Waals surface area contributed by atoms with Crippen LogP contribution < -0.4 is 10.1 Å². The summed E-state index contributed by atoms with van der Waals surface area (Å²) in [6.07, 6.45) is 0. The lowest BCUT2D eigenvalue weighted by Crippen LogP contribution is -2.38. The zero-order valence-electron chi connectivity index (χ0n) is 16.2. The SMILES string of the molecule is COc1cccc2c(C(=O)Nc3ccc(F)cc3)nn(CCN3CCOCC3)c12. The van der Waals surface area contributed by atoms with Crippen molar-refractivity contribution in [3.8, 4) is 5.75 Å². The Morgan fingerprint density at radius 1 is 1.17 bits per heavy atom. The van der Waals surface area contributed by atoms with Crippen LogP contribution in [0.25, 0.3) is 10.9 Å². The molecule has 1 amide bonds. The highest BCUT2D eigenvalue weighted by Gasteiger charge is 2.21. The summed E-state index contributed by atoms with van der Waals surface area (Å²) in [7, 11) is 1.60. The number of ether oxygens (including phenoxy) is 2. The van der Waals surface area contributed by atoms with Gasteiger partial charge in [0.05, 0.1) is 26.9 Å². The highest BCUT2D eigenvalue weighted by Crippen LogP contribution is 2.28. The summed E-state index contributed by atoms with van der Waals surface area (Å²) in [5.41, 5.74) is 1.60. The molecule has 29 heavy (non-hydrogen) atoms. The number of hydrogen-bond donors (Lipinski definition) is 1. The van der Waals surface area contributed by atoms with Crippen molar-refractivity contribution in [1.82, 2.24) is 14.7 Å². The number of morpholine rings is 1. The Morgan fingerprint density at radius 2 is 1.93 bits per heavy atom. The number of amides is 1. The number of fused-ring (bicyclic) bond motifs is 1. The van der Waals surface area contributed by atoms with E-state index in [2.05, 4.69) is 15.3 Å². The fraction of sp³-hybridized carbons (Fsp3) is 0.333. The second-order valence-corrected chi connectivity index (χ2v) is 6.84. The first-order valence-corrected chi connectivity index (χ1v) is 9.56. The van der Waals surface area contributed by atoms with Crippen molar-refractivity contribution in [2.45, 2.75) is 6.54 Å². The van der Waals surface area contributed by atoms with Crippen LogP contribution in [0.4, 0.5) is 10.1 Å². The van der Waals surface area contributed by atoms with Gasteiger partial charge >= 0.3 is 0 Å². The second kappa shape index (κ2) is 8.59. The van der Waals surface area contributed by atoms with E-state index in [0.717, 1.165) is 38.4 Å². The Balaban J connectivity index is 1.62. The number of carbonyl (C=O) groups excluding carboxylic acids is 1. The van der Waals surface area contributed by atoms with Gasteiger partial charge in [-0.1, -0.05) is 12.1 Å². The van der Waals surface area contributed by atoms with E-state index in [9.17, 15) is 9.18 Å². The Bertz CT molecular complexity index is 997. The van der Waals surface area contributed by atoms with Crippen LogP contribution in [-0.4, -0.2) is 60.5 Å². The minimum absolute atomic E-state index is 0.310.